The second-order valence-electron chi connectivity index (χ2n) is 5.64. The summed E-state index contributed by atoms with van der Waals surface area (Å²) < 4.78 is 26.7. The van der Waals surface area contributed by atoms with Gasteiger partial charge in [0.25, 0.3) is 0 Å². The van der Waals surface area contributed by atoms with Crippen molar-refractivity contribution in [2.45, 2.75) is 38.6 Å². The third-order valence-electron chi connectivity index (χ3n) is 3.45. The van der Waals surface area contributed by atoms with Gasteiger partial charge in [0.2, 0.25) is 10.0 Å². The summed E-state index contributed by atoms with van der Waals surface area (Å²) in [7, 11) is -3.24. The van der Waals surface area contributed by atoms with Crippen LogP contribution in [0, 0.1) is 5.41 Å². The summed E-state index contributed by atoms with van der Waals surface area (Å²) in [6.07, 6.45) is 0.915. The molecule has 0 radical (unpaired) electrons. The summed E-state index contributed by atoms with van der Waals surface area (Å²) in [6.45, 7) is 4.61. The molecule has 100 valence electrons. The van der Waals surface area contributed by atoms with Gasteiger partial charge in [0.1, 0.15) is 0 Å². The van der Waals surface area contributed by atoms with Crippen molar-refractivity contribution in [3.05, 3.63) is 35.4 Å². The zero-order chi connectivity index (χ0) is 13.4. The lowest BCUT2D eigenvalue weighted by Crippen LogP contribution is -2.29. The van der Waals surface area contributed by atoms with Crippen LogP contribution in [0.25, 0.3) is 0 Å². The van der Waals surface area contributed by atoms with E-state index < -0.39 is 10.0 Å². The Kier molecular flexibility index (Phi) is 3.49. The van der Waals surface area contributed by atoms with E-state index in [0.29, 0.717) is 6.54 Å². The van der Waals surface area contributed by atoms with Crippen LogP contribution < -0.4 is 10.5 Å². The number of sulfonamides is 1. The second-order valence-corrected chi connectivity index (χ2v) is 7.40. The standard InChI is InChI=1S/C13H20N2O2S/c1-13(2)7-12(13)15-18(16,17)9-11-5-3-10(8-14)4-6-11/h3-6,12,15H,7-9,14H2,1-2H3. The first-order valence-electron chi connectivity index (χ1n) is 6.10. The summed E-state index contributed by atoms with van der Waals surface area (Å²) >= 11 is 0. The van der Waals surface area contributed by atoms with Crippen LogP contribution in [0.5, 0.6) is 0 Å². The van der Waals surface area contributed by atoms with Crippen molar-refractivity contribution >= 4 is 10.0 Å². The molecule has 1 aliphatic carbocycles. The van der Waals surface area contributed by atoms with E-state index in [2.05, 4.69) is 18.6 Å². The molecule has 1 aromatic rings. The fraction of sp³-hybridized carbons (Fsp3) is 0.538. The molecule has 0 saturated heterocycles. The van der Waals surface area contributed by atoms with Gasteiger partial charge in [0.15, 0.2) is 0 Å². The van der Waals surface area contributed by atoms with Crippen LogP contribution >= 0.6 is 0 Å². The van der Waals surface area contributed by atoms with E-state index in [9.17, 15) is 8.42 Å². The van der Waals surface area contributed by atoms with E-state index in [0.717, 1.165) is 17.5 Å². The average Bonchev–Trinajstić information content (AvgIpc) is 2.85. The van der Waals surface area contributed by atoms with Crippen LogP contribution in [-0.2, 0) is 22.3 Å². The lowest BCUT2D eigenvalue weighted by atomic mass is 10.1. The molecule has 0 aromatic heterocycles. The molecule has 1 aliphatic rings. The van der Waals surface area contributed by atoms with Gasteiger partial charge < -0.3 is 5.73 Å². The maximum Gasteiger partial charge on any atom is 0.216 e. The monoisotopic (exact) mass is 268 g/mol. The van der Waals surface area contributed by atoms with Crippen LogP contribution in [0.4, 0.5) is 0 Å². The molecular formula is C13H20N2O2S. The Bertz CT molecular complexity index is 520. The predicted molar refractivity (Wildman–Crippen MR) is 72.3 cm³/mol. The largest absolute Gasteiger partial charge is 0.326 e. The molecule has 1 saturated carbocycles. The third-order valence-corrected chi connectivity index (χ3v) is 4.81. The van der Waals surface area contributed by atoms with Gasteiger partial charge in [0.05, 0.1) is 5.75 Å². The van der Waals surface area contributed by atoms with Gasteiger partial charge in [-0.1, -0.05) is 38.1 Å². The first-order chi connectivity index (χ1) is 8.32. The Morgan fingerprint density at radius 3 is 2.22 bits per heavy atom. The molecule has 1 aromatic carbocycles. The number of benzene rings is 1. The van der Waals surface area contributed by atoms with Gasteiger partial charge >= 0.3 is 0 Å². The van der Waals surface area contributed by atoms with Crippen molar-refractivity contribution in [1.29, 1.82) is 0 Å². The Balaban J connectivity index is 1.99. The molecule has 1 atom stereocenters. The molecule has 1 unspecified atom stereocenters. The summed E-state index contributed by atoms with van der Waals surface area (Å²) in [5.41, 5.74) is 7.41. The lowest BCUT2D eigenvalue weighted by molar-refractivity contribution is 0.554. The summed E-state index contributed by atoms with van der Waals surface area (Å²) in [5.74, 6) is 0.0322. The second kappa shape index (κ2) is 4.64. The number of nitrogens with two attached hydrogens (primary N) is 1. The quantitative estimate of drug-likeness (QED) is 0.847. The molecular weight excluding hydrogens is 248 g/mol. The zero-order valence-electron chi connectivity index (χ0n) is 10.8. The number of nitrogens with one attached hydrogen (secondary N) is 1. The highest BCUT2D eigenvalue weighted by molar-refractivity contribution is 7.88. The van der Waals surface area contributed by atoms with E-state index in [1.807, 2.05) is 24.3 Å². The molecule has 0 heterocycles. The van der Waals surface area contributed by atoms with Crippen LogP contribution in [-0.4, -0.2) is 14.5 Å². The van der Waals surface area contributed by atoms with Crippen molar-refractivity contribution in [3.63, 3.8) is 0 Å². The summed E-state index contributed by atoms with van der Waals surface area (Å²) in [6, 6.07) is 7.46. The van der Waals surface area contributed by atoms with Gasteiger partial charge in [-0.3, -0.25) is 0 Å². The minimum atomic E-state index is -3.24. The van der Waals surface area contributed by atoms with E-state index in [-0.39, 0.29) is 17.2 Å². The maximum atomic E-state index is 12.0. The van der Waals surface area contributed by atoms with Crippen molar-refractivity contribution in [2.75, 3.05) is 0 Å². The minimum Gasteiger partial charge on any atom is -0.326 e. The molecule has 1 fully saturated rings. The molecule has 0 spiro atoms. The third kappa shape index (κ3) is 3.31. The number of hydrogen-bond donors (Lipinski definition) is 2. The number of hydrogen-bond acceptors (Lipinski definition) is 3. The van der Waals surface area contributed by atoms with Gasteiger partial charge in [-0.05, 0) is 23.0 Å². The molecule has 5 heteroatoms. The highest BCUT2D eigenvalue weighted by Gasteiger charge is 2.47. The fourth-order valence-corrected chi connectivity index (χ4v) is 3.47. The molecule has 2 rings (SSSR count). The highest BCUT2D eigenvalue weighted by Crippen LogP contribution is 2.45. The van der Waals surface area contributed by atoms with Gasteiger partial charge in [-0.25, -0.2) is 13.1 Å². The van der Waals surface area contributed by atoms with Crippen molar-refractivity contribution in [3.8, 4) is 0 Å². The molecule has 3 N–H and O–H groups in total. The fourth-order valence-electron chi connectivity index (χ4n) is 1.92. The SMILES string of the molecule is CC1(C)CC1NS(=O)(=O)Cc1ccc(CN)cc1. The summed E-state index contributed by atoms with van der Waals surface area (Å²) in [5, 5.41) is 0. The maximum absolute atomic E-state index is 12.0. The van der Waals surface area contributed by atoms with E-state index in [1.165, 1.54) is 0 Å². The molecule has 0 amide bonds. The van der Waals surface area contributed by atoms with Crippen molar-refractivity contribution in [1.82, 2.24) is 4.72 Å². The molecule has 4 nitrogen and oxygen atoms in total. The molecule has 18 heavy (non-hydrogen) atoms. The first kappa shape index (κ1) is 13.5. The predicted octanol–water partition coefficient (Wildman–Crippen LogP) is 1.36. The average molecular weight is 268 g/mol. The topological polar surface area (TPSA) is 72.2 Å². The highest BCUT2D eigenvalue weighted by atomic mass is 32.2. The van der Waals surface area contributed by atoms with Crippen LogP contribution in [0.3, 0.4) is 0 Å². The van der Waals surface area contributed by atoms with Crippen molar-refractivity contribution < 1.29 is 8.42 Å². The van der Waals surface area contributed by atoms with Gasteiger partial charge in [0, 0.05) is 12.6 Å². The van der Waals surface area contributed by atoms with E-state index in [1.54, 1.807) is 0 Å². The molecule has 0 bridgehead atoms. The Labute approximate surface area is 109 Å². The lowest BCUT2D eigenvalue weighted by Gasteiger charge is -2.08. The van der Waals surface area contributed by atoms with Gasteiger partial charge in [-0.2, -0.15) is 0 Å². The van der Waals surface area contributed by atoms with Crippen LogP contribution in [0.1, 0.15) is 31.4 Å². The minimum absolute atomic E-state index is 0.0322. The number of rotatable bonds is 5. The van der Waals surface area contributed by atoms with Crippen molar-refractivity contribution in [2.24, 2.45) is 11.1 Å². The summed E-state index contributed by atoms with van der Waals surface area (Å²) in [4.78, 5) is 0. The normalized spacial score (nSPS) is 21.8. The Morgan fingerprint density at radius 2 is 1.78 bits per heavy atom. The smallest absolute Gasteiger partial charge is 0.216 e. The van der Waals surface area contributed by atoms with Crippen LogP contribution in [0.15, 0.2) is 24.3 Å². The van der Waals surface area contributed by atoms with Crippen LogP contribution in [0.2, 0.25) is 0 Å². The zero-order valence-corrected chi connectivity index (χ0v) is 11.6. The Morgan fingerprint density at radius 1 is 1.28 bits per heavy atom. The van der Waals surface area contributed by atoms with E-state index >= 15 is 0 Å². The Hall–Kier alpha value is -0.910. The first-order valence-corrected chi connectivity index (χ1v) is 7.75. The van der Waals surface area contributed by atoms with Gasteiger partial charge in [-0.15, -0.1) is 0 Å². The molecule has 0 aliphatic heterocycles. The van der Waals surface area contributed by atoms with E-state index in [4.69, 9.17) is 5.73 Å².